The number of hydrogen-bond acceptors (Lipinski definition) is 5. The number of carbonyl (C=O) groups is 1. The van der Waals surface area contributed by atoms with Crippen LogP contribution in [0, 0.1) is 6.92 Å². The van der Waals surface area contributed by atoms with Crippen molar-refractivity contribution in [3.05, 3.63) is 53.6 Å². The standard InChI is InChI=1S/C19H24N2O5S/c1-14-5-8-16(9-6-14)27(23,24)21(2)13-19(22)20-12-15-7-10-17(25-3)18(11-15)26-4/h5-11H,12-13H2,1-4H3,(H,20,22). The second kappa shape index (κ2) is 8.88. The monoisotopic (exact) mass is 392 g/mol. The maximum atomic E-state index is 12.5. The van der Waals surface area contributed by atoms with E-state index < -0.39 is 15.9 Å². The normalized spacial score (nSPS) is 11.3. The van der Waals surface area contributed by atoms with E-state index >= 15 is 0 Å². The fourth-order valence-corrected chi connectivity index (χ4v) is 3.55. The van der Waals surface area contributed by atoms with E-state index in [9.17, 15) is 13.2 Å². The van der Waals surface area contributed by atoms with E-state index in [0.717, 1.165) is 15.4 Å². The SMILES string of the molecule is COc1ccc(CNC(=O)CN(C)S(=O)(=O)c2ccc(C)cc2)cc1OC. The van der Waals surface area contributed by atoms with Gasteiger partial charge in [0.15, 0.2) is 11.5 Å². The van der Waals surface area contributed by atoms with Gasteiger partial charge >= 0.3 is 0 Å². The highest BCUT2D eigenvalue weighted by atomic mass is 32.2. The molecule has 2 aromatic rings. The molecule has 0 unspecified atom stereocenters. The number of hydrogen-bond donors (Lipinski definition) is 1. The average molecular weight is 392 g/mol. The predicted octanol–water partition coefficient (Wildman–Crippen LogP) is 1.95. The van der Waals surface area contributed by atoms with Crippen molar-refractivity contribution in [3.63, 3.8) is 0 Å². The summed E-state index contributed by atoms with van der Waals surface area (Å²) in [7, 11) is 0.741. The summed E-state index contributed by atoms with van der Waals surface area (Å²) in [6.45, 7) is 1.85. The van der Waals surface area contributed by atoms with Crippen LogP contribution >= 0.6 is 0 Å². The van der Waals surface area contributed by atoms with E-state index in [2.05, 4.69) is 5.32 Å². The Bertz CT molecular complexity index is 895. The van der Waals surface area contributed by atoms with Crippen molar-refractivity contribution in [2.24, 2.45) is 0 Å². The van der Waals surface area contributed by atoms with Crippen LogP contribution in [0.15, 0.2) is 47.4 Å². The molecule has 27 heavy (non-hydrogen) atoms. The molecule has 1 N–H and O–H groups in total. The van der Waals surface area contributed by atoms with E-state index in [0.29, 0.717) is 11.5 Å². The van der Waals surface area contributed by atoms with Crippen molar-refractivity contribution in [1.29, 1.82) is 0 Å². The Morgan fingerprint density at radius 1 is 1.04 bits per heavy atom. The predicted molar refractivity (Wildman–Crippen MR) is 102 cm³/mol. The number of likely N-dealkylation sites (N-methyl/N-ethyl adjacent to an activating group) is 1. The van der Waals surface area contributed by atoms with Gasteiger partial charge in [-0.15, -0.1) is 0 Å². The van der Waals surface area contributed by atoms with Crippen LogP contribution in [0.1, 0.15) is 11.1 Å². The summed E-state index contributed by atoms with van der Waals surface area (Å²) in [5, 5.41) is 2.71. The number of benzene rings is 2. The molecule has 0 spiro atoms. The molecule has 146 valence electrons. The molecular formula is C19H24N2O5S. The van der Waals surface area contributed by atoms with Gasteiger partial charge in [0.05, 0.1) is 25.7 Å². The van der Waals surface area contributed by atoms with E-state index in [1.165, 1.54) is 26.3 Å². The van der Waals surface area contributed by atoms with Crippen LogP contribution in [0.25, 0.3) is 0 Å². The second-order valence-electron chi connectivity index (χ2n) is 6.04. The largest absolute Gasteiger partial charge is 0.493 e. The molecule has 7 nitrogen and oxygen atoms in total. The van der Waals surface area contributed by atoms with Gasteiger partial charge in [-0.2, -0.15) is 4.31 Å². The van der Waals surface area contributed by atoms with E-state index in [4.69, 9.17) is 9.47 Å². The van der Waals surface area contributed by atoms with Gasteiger partial charge in [-0.3, -0.25) is 4.79 Å². The molecule has 0 aliphatic heterocycles. The van der Waals surface area contributed by atoms with Crippen LogP contribution in [-0.4, -0.2) is 46.4 Å². The van der Waals surface area contributed by atoms with Crippen LogP contribution in [-0.2, 0) is 21.4 Å². The molecule has 0 atom stereocenters. The molecule has 0 aliphatic carbocycles. The van der Waals surface area contributed by atoms with Crippen molar-refractivity contribution in [2.75, 3.05) is 27.8 Å². The van der Waals surface area contributed by atoms with Crippen molar-refractivity contribution < 1.29 is 22.7 Å². The van der Waals surface area contributed by atoms with Crippen LogP contribution in [0.3, 0.4) is 0 Å². The first-order chi connectivity index (χ1) is 12.8. The molecule has 0 bridgehead atoms. The Morgan fingerprint density at radius 3 is 2.26 bits per heavy atom. The van der Waals surface area contributed by atoms with Crippen molar-refractivity contribution >= 4 is 15.9 Å². The zero-order valence-corrected chi connectivity index (χ0v) is 16.7. The molecule has 0 saturated carbocycles. The molecule has 0 aliphatic rings. The number of aryl methyl sites for hydroxylation is 1. The third-order valence-corrected chi connectivity index (χ3v) is 5.85. The van der Waals surface area contributed by atoms with Gasteiger partial charge in [-0.25, -0.2) is 8.42 Å². The minimum Gasteiger partial charge on any atom is -0.493 e. The molecule has 1 amide bonds. The molecule has 2 aromatic carbocycles. The Hall–Kier alpha value is -2.58. The maximum absolute atomic E-state index is 12.5. The molecule has 2 rings (SSSR count). The van der Waals surface area contributed by atoms with Crippen LogP contribution < -0.4 is 14.8 Å². The Balaban J connectivity index is 1.98. The quantitative estimate of drug-likeness (QED) is 0.742. The van der Waals surface area contributed by atoms with Gasteiger partial charge in [0.2, 0.25) is 15.9 Å². The number of nitrogens with zero attached hydrogens (tertiary/aromatic N) is 1. The summed E-state index contributed by atoms with van der Waals surface area (Å²) in [6, 6.07) is 11.8. The van der Waals surface area contributed by atoms with E-state index in [1.54, 1.807) is 37.4 Å². The van der Waals surface area contributed by atoms with Crippen LogP contribution in [0.2, 0.25) is 0 Å². The van der Waals surface area contributed by atoms with Crippen LogP contribution in [0.5, 0.6) is 11.5 Å². The highest BCUT2D eigenvalue weighted by Crippen LogP contribution is 2.27. The lowest BCUT2D eigenvalue weighted by Crippen LogP contribution is -2.38. The number of methoxy groups -OCH3 is 2. The summed E-state index contributed by atoms with van der Waals surface area (Å²) < 4.78 is 36.5. The Labute approximate surface area is 160 Å². The summed E-state index contributed by atoms with van der Waals surface area (Å²) in [5.41, 5.74) is 1.77. The highest BCUT2D eigenvalue weighted by molar-refractivity contribution is 7.89. The zero-order valence-electron chi connectivity index (χ0n) is 15.9. The highest BCUT2D eigenvalue weighted by Gasteiger charge is 2.22. The average Bonchev–Trinajstić information content (AvgIpc) is 2.66. The van der Waals surface area contributed by atoms with Gasteiger partial charge in [0, 0.05) is 13.6 Å². The third kappa shape index (κ3) is 5.21. The first kappa shape index (κ1) is 20.7. The molecule has 0 aromatic heterocycles. The third-order valence-electron chi connectivity index (χ3n) is 4.03. The number of rotatable bonds is 8. The molecule has 0 radical (unpaired) electrons. The number of carbonyl (C=O) groups excluding carboxylic acids is 1. The van der Waals surface area contributed by atoms with Gasteiger partial charge < -0.3 is 14.8 Å². The molecule has 0 fully saturated rings. The lowest BCUT2D eigenvalue weighted by Gasteiger charge is -2.17. The van der Waals surface area contributed by atoms with E-state index in [-0.39, 0.29) is 18.0 Å². The number of sulfonamides is 1. The Kier molecular flexibility index (Phi) is 6.81. The minimum absolute atomic E-state index is 0.156. The van der Waals surface area contributed by atoms with Gasteiger partial charge in [0.25, 0.3) is 0 Å². The number of amides is 1. The summed E-state index contributed by atoms with van der Waals surface area (Å²) in [5.74, 6) is 0.753. The summed E-state index contributed by atoms with van der Waals surface area (Å²) >= 11 is 0. The van der Waals surface area contributed by atoms with Gasteiger partial charge in [-0.1, -0.05) is 23.8 Å². The lowest BCUT2D eigenvalue weighted by molar-refractivity contribution is -0.121. The zero-order chi connectivity index (χ0) is 20.0. The number of nitrogens with one attached hydrogen (secondary N) is 1. The Morgan fingerprint density at radius 2 is 1.67 bits per heavy atom. The molecule has 0 saturated heterocycles. The smallest absolute Gasteiger partial charge is 0.243 e. The summed E-state index contributed by atoms with van der Waals surface area (Å²) in [6.07, 6.45) is 0. The van der Waals surface area contributed by atoms with Crippen molar-refractivity contribution in [2.45, 2.75) is 18.4 Å². The molecule has 8 heteroatoms. The number of ether oxygens (including phenoxy) is 2. The second-order valence-corrected chi connectivity index (χ2v) is 8.09. The first-order valence-corrected chi connectivity index (χ1v) is 9.72. The molecular weight excluding hydrogens is 368 g/mol. The van der Waals surface area contributed by atoms with Crippen molar-refractivity contribution in [1.82, 2.24) is 9.62 Å². The maximum Gasteiger partial charge on any atom is 0.243 e. The topological polar surface area (TPSA) is 84.9 Å². The lowest BCUT2D eigenvalue weighted by atomic mass is 10.2. The fourth-order valence-electron chi connectivity index (χ4n) is 2.42. The summed E-state index contributed by atoms with van der Waals surface area (Å²) in [4.78, 5) is 12.3. The van der Waals surface area contributed by atoms with Crippen LogP contribution in [0.4, 0.5) is 0 Å². The van der Waals surface area contributed by atoms with Gasteiger partial charge in [-0.05, 0) is 36.8 Å². The minimum atomic E-state index is -3.72. The van der Waals surface area contributed by atoms with Gasteiger partial charge in [0.1, 0.15) is 0 Å². The van der Waals surface area contributed by atoms with Crippen molar-refractivity contribution in [3.8, 4) is 11.5 Å². The van der Waals surface area contributed by atoms with E-state index in [1.807, 2.05) is 6.92 Å². The fraction of sp³-hybridized carbons (Fsp3) is 0.316. The first-order valence-electron chi connectivity index (χ1n) is 8.28. The molecule has 0 heterocycles.